The van der Waals surface area contributed by atoms with Crippen LogP contribution in [0.5, 0.6) is 0 Å². The van der Waals surface area contributed by atoms with E-state index in [4.69, 9.17) is 5.73 Å². The maximum Gasteiger partial charge on any atom is 0.138 e. The first-order chi connectivity index (χ1) is 8.45. The fourth-order valence-corrected chi connectivity index (χ4v) is 2.36. The van der Waals surface area contributed by atoms with Gasteiger partial charge in [0.2, 0.25) is 0 Å². The van der Waals surface area contributed by atoms with Crippen LogP contribution in [0.1, 0.15) is 52.3 Å². The smallest absolute Gasteiger partial charge is 0.138 e. The van der Waals surface area contributed by atoms with Crippen molar-refractivity contribution >= 4 is 11.6 Å². The van der Waals surface area contributed by atoms with Crippen molar-refractivity contribution in [2.45, 2.75) is 51.9 Å². The van der Waals surface area contributed by atoms with Crippen LogP contribution in [0.2, 0.25) is 0 Å². The van der Waals surface area contributed by atoms with Crippen molar-refractivity contribution in [3.63, 3.8) is 0 Å². The zero-order valence-corrected chi connectivity index (χ0v) is 11.7. The summed E-state index contributed by atoms with van der Waals surface area (Å²) < 4.78 is 0. The molecular formula is C14H24N4. The van der Waals surface area contributed by atoms with Gasteiger partial charge in [-0.05, 0) is 18.8 Å². The highest BCUT2D eigenvalue weighted by molar-refractivity contribution is 5.45. The molecule has 0 spiro atoms. The molecule has 0 atom stereocenters. The van der Waals surface area contributed by atoms with Crippen molar-refractivity contribution in [2.24, 2.45) is 5.92 Å². The molecule has 0 aromatic carbocycles. The first-order valence-corrected chi connectivity index (χ1v) is 6.84. The van der Waals surface area contributed by atoms with Crippen LogP contribution in [-0.4, -0.2) is 16.5 Å². The second kappa shape index (κ2) is 5.12. The van der Waals surface area contributed by atoms with Gasteiger partial charge in [0, 0.05) is 18.0 Å². The van der Waals surface area contributed by atoms with E-state index in [9.17, 15) is 0 Å². The molecule has 18 heavy (non-hydrogen) atoms. The fourth-order valence-electron chi connectivity index (χ4n) is 2.36. The minimum Gasteiger partial charge on any atom is -0.384 e. The lowest BCUT2D eigenvalue weighted by atomic mass is 9.96. The Morgan fingerprint density at radius 1 is 1.28 bits per heavy atom. The average molecular weight is 248 g/mol. The Morgan fingerprint density at radius 2 is 1.94 bits per heavy atom. The van der Waals surface area contributed by atoms with Gasteiger partial charge in [0.15, 0.2) is 0 Å². The second-order valence-corrected chi connectivity index (χ2v) is 6.28. The van der Waals surface area contributed by atoms with Gasteiger partial charge >= 0.3 is 0 Å². The molecule has 3 N–H and O–H groups in total. The molecule has 0 saturated heterocycles. The summed E-state index contributed by atoms with van der Waals surface area (Å²) in [4.78, 5) is 8.88. The van der Waals surface area contributed by atoms with Crippen molar-refractivity contribution in [1.82, 2.24) is 9.97 Å². The zero-order valence-electron chi connectivity index (χ0n) is 11.7. The van der Waals surface area contributed by atoms with Crippen LogP contribution in [0.15, 0.2) is 6.07 Å². The van der Waals surface area contributed by atoms with E-state index in [2.05, 4.69) is 36.1 Å². The lowest BCUT2D eigenvalue weighted by Gasteiger charge is -2.18. The molecule has 1 aromatic heterocycles. The number of nitrogens with two attached hydrogens (primary N) is 1. The summed E-state index contributed by atoms with van der Waals surface area (Å²) in [6.07, 6.45) is 5.40. The van der Waals surface area contributed by atoms with Gasteiger partial charge < -0.3 is 11.1 Å². The third-order valence-electron chi connectivity index (χ3n) is 3.46. The largest absolute Gasteiger partial charge is 0.384 e. The van der Waals surface area contributed by atoms with Crippen LogP contribution in [-0.2, 0) is 5.41 Å². The molecule has 1 aliphatic carbocycles. The monoisotopic (exact) mass is 248 g/mol. The molecule has 0 amide bonds. The maximum atomic E-state index is 5.85. The minimum atomic E-state index is -0.0703. The highest BCUT2D eigenvalue weighted by atomic mass is 15.1. The van der Waals surface area contributed by atoms with Gasteiger partial charge in [-0.2, -0.15) is 0 Å². The minimum absolute atomic E-state index is 0.0703. The van der Waals surface area contributed by atoms with Gasteiger partial charge in [0.05, 0.1) is 0 Å². The number of anilines is 2. The molecule has 4 heteroatoms. The molecule has 1 aliphatic rings. The van der Waals surface area contributed by atoms with Gasteiger partial charge in [-0.3, -0.25) is 0 Å². The molecule has 0 radical (unpaired) electrons. The quantitative estimate of drug-likeness (QED) is 0.863. The molecule has 4 nitrogen and oxygen atoms in total. The van der Waals surface area contributed by atoms with Gasteiger partial charge in [-0.1, -0.05) is 33.6 Å². The molecular weight excluding hydrogens is 224 g/mol. The lowest BCUT2D eigenvalue weighted by Crippen LogP contribution is -2.19. The van der Waals surface area contributed by atoms with Gasteiger partial charge in [0.1, 0.15) is 17.5 Å². The van der Waals surface area contributed by atoms with Crippen molar-refractivity contribution in [2.75, 3.05) is 17.6 Å². The summed E-state index contributed by atoms with van der Waals surface area (Å²) in [5, 5.41) is 3.41. The summed E-state index contributed by atoms with van der Waals surface area (Å²) in [7, 11) is 0. The molecule has 2 rings (SSSR count). The first-order valence-electron chi connectivity index (χ1n) is 6.84. The van der Waals surface area contributed by atoms with Crippen LogP contribution in [0.4, 0.5) is 11.6 Å². The predicted octanol–water partition coefficient (Wildman–Crippen LogP) is 2.96. The fraction of sp³-hybridized carbons (Fsp3) is 0.714. The highest BCUT2D eigenvalue weighted by Crippen LogP contribution is 2.25. The predicted molar refractivity (Wildman–Crippen MR) is 75.6 cm³/mol. The number of nitrogens with one attached hydrogen (secondary N) is 1. The van der Waals surface area contributed by atoms with Crippen molar-refractivity contribution in [3.8, 4) is 0 Å². The number of nitrogens with zero attached hydrogens (tertiary/aromatic N) is 2. The summed E-state index contributed by atoms with van der Waals surface area (Å²) in [6, 6.07) is 1.82. The Kier molecular flexibility index (Phi) is 3.73. The number of rotatable bonds is 3. The van der Waals surface area contributed by atoms with Crippen LogP contribution >= 0.6 is 0 Å². The van der Waals surface area contributed by atoms with E-state index in [1.807, 2.05) is 6.07 Å². The number of aromatic nitrogens is 2. The Hall–Kier alpha value is -1.32. The summed E-state index contributed by atoms with van der Waals surface area (Å²) in [6.45, 7) is 7.30. The van der Waals surface area contributed by atoms with Gasteiger partial charge in [-0.15, -0.1) is 0 Å². The van der Waals surface area contributed by atoms with E-state index in [1.54, 1.807) is 0 Å². The molecule has 1 fully saturated rings. The first kappa shape index (κ1) is 13.1. The normalized spacial score (nSPS) is 17.1. The van der Waals surface area contributed by atoms with Crippen LogP contribution in [0, 0.1) is 5.92 Å². The molecule has 1 heterocycles. The topological polar surface area (TPSA) is 63.8 Å². The van der Waals surface area contributed by atoms with E-state index >= 15 is 0 Å². The SMILES string of the molecule is CC(C)(C)c1nc(N)cc(NCC2CCCC2)n1. The standard InChI is InChI=1S/C14H24N4/c1-14(2,3)13-17-11(15)8-12(18-13)16-9-10-6-4-5-7-10/h8,10H,4-7,9H2,1-3H3,(H3,15,16,17,18). The maximum absolute atomic E-state index is 5.85. The lowest BCUT2D eigenvalue weighted by molar-refractivity contribution is 0.544. The summed E-state index contributed by atoms with van der Waals surface area (Å²) in [5.41, 5.74) is 5.78. The highest BCUT2D eigenvalue weighted by Gasteiger charge is 2.19. The Labute approximate surface area is 109 Å². The van der Waals surface area contributed by atoms with E-state index in [0.29, 0.717) is 5.82 Å². The van der Waals surface area contributed by atoms with Crippen LogP contribution < -0.4 is 11.1 Å². The molecule has 0 aliphatic heterocycles. The average Bonchev–Trinajstić information content (AvgIpc) is 2.77. The van der Waals surface area contributed by atoms with Crippen molar-refractivity contribution < 1.29 is 0 Å². The van der Waals surface area contributed by atoms with Crippen molar-refractivity contribution in [1.29, 1.82) is 0 Å². The molecule has 100 valence electrons. The molecule has 1 saturated carbocycles. The Morgan fingerprint density at radius 3 is 2.56 bits per heavy atom. The van der Waals surface area contributed by atoms with Crippen LogP contribution in [0.3, 0.4) is 0 Å². The molecule has 0 bridgehead atoms. The van der Waals surface area contributed by atoms with Crippen molar-refractivity contribution in [3.05, 3.63) is 11.9 Å². The summed E-state index contributed by atoms with van der Waals surface area (Å²) in [5.74, 6) is 3.00. The zero-order chi connectivity index (χ0) is 13.2. The van der Waals surface area contributed by atoms with Gasteiger partial charge in [-0.25, -0.2) is 9.97 Å². The Balaban J connectivity index is 2.05. The van der Waals surface area contributed by atoms with Crippen LogP contribution in [0.25, 0.3) is 0 Å². The van der Waals surface area contributed by atoms with E-state index in [0.717, 1.165) is 24.1 Å². The molecule has 0 unspecified atom stereocenters. The third-order valence-corrected chi connectivity index (χ3v) is 3.46. The number of nitrogen functional groups attached to an aromatic ring is 1. The number of hydrogen-bond donors (Lipinski definition) is 2. The van der Waals surface area contributed by atoms with E-state index in [-0.39, 0.29) is 5.41 Å². The number of hydrogen-bond acceptors (Lipinski definition) is 4. The second-order valence-electron chi connectivity index (χ2n) is 6.28. The third kappa shape index (κ3) is 3.34. The van der Waals surface area contributed by atoms with Gasteiger partial charge in [0.25, 0.3) is 0 Å². The summed E-state index contributed by atoms with van der Waals surface area (Å²) >= 11 is 0. The van der Waals surface area contributed by atoms with E-state index < -0.39 is 0 Å². The molecule has 1 aromatic rings. The van der Waals surface area contributed by atoms with E-state index in [1.165, 1.54) is 25.7 Å². The Bertz CT molecular complexity index is 403.